The molecule has 150 valence electrons. The molecule has 0 atom stereocenters. The summed E-state index contributed by atoms with van der Waals surface area (Å²) in [5, 5.41) is 5.30. The number of amides is 2. The predicted molar refractivity (Wildman–Crippen MR) is 104 cm³/mol. The van der Waals surface area contributed by atoms with E-state index in [1.165, 1.54) is 10.4 Å². The molecule has 2 rings (SSSR count). The first kappa shape index (κ1) is 21.4. The summed E-state index contributed by atoms with van der Waals surface area (Å²) in [5.74, 6) is -0.779. The molecular formula is C19H29N3O4S. The molecule has 0 spiro atoms. The van der Waals surface area contributed by atoms with Crippen molar-refractivity contribution < 1.29 is 18.0 Å². The first-order chi connectivity index (χ1) is 12.5. The molecular weight excluding hydrogens is 366 g/mol. The smallest absolute Gasteiger partial charge is 0.251 e. The van der Waals surface area contributed by atoms with Gasteiger partial charge in [-0.25, -0.2) is 8.42 Å². The number of nitrogens with one attached hydrogen (secondary N) is 2. The molecule has 0 bridgehead atoms. The Morgan fingerprint density at radius 1 is 1.11 bits per heavy atom. The predicted octanol–water partition coefficient (Wildman–Crippen LogP) is 1.81. The number of hydrogen-bond acceptors (Lipinski definition) is 4. The lowest BCUT2D eigenvalue weighted by molar-refractivity contribution is -0.121. The van der Waals surface area contributed by atoms with Crippen molar-refractivity contribution in [2.45, 2.75) is 57.4 Å². The van der Waals surface area contributed by atoms with Gasteiger partial charge in [0.25, 0.3) is 5.91 Å². The molecule has 1 heterocycles. The number of carbonyl (C=O) groups is 2. The molecule has 27 heavy (non-hydrogen) atoms. The zero-order valence-electron chi connectivity index (χ0n) is 16.5. The van der Waals surface area contributed by atoms with Crippen LogP contribution in [0.1, 0.15) is 56.0 Å². The van der Waals surface area contributed by atoms with E-state index < -0.39 is 15.9 Å². The van der Waals surface area contributed by atoms with Gasteiger partial charge in [0.05, 0.1) is 11.4 Å². The highest BCUT2D eigenvalue weighted by Gasteiger charge is 2.28. The van der Waals surface area contributed by atoms with Crippen LogP contribution in [-0.2, 0) is 14.8 Å². The summed E-state index contributed by atoms with van der Waals surface area (Å²) in [5.41, 5.74) is 0.434. The van der Waals surface area contributed by atoms with Crippen LogP contribution in [0.4, 0.5) is 0 Å². The second kappa shape index (κ2) is 8.39. The van der Waals surface area contributed by atoms with Crippen LogP contribution < -0.4 is 10.6 Å². The summed E-state index contributed by atoms with van der Waals surface area (Å²) in [4.78, 5) is 24.4. The number of benzene rings is 1. The number of rotatable bonds is 5. The number of carbonyl (C=O) groups excluding carboxylic acids is 2. The van der Waals surface area contributed by atoms with Gasteiger partial charge in [-0.3, -0.25) is 9.59 Å². The fourth-order valence-electron chi connectivity index (χ4n) is 2.99. The first-order valence-electron chi connectivity index (χ1n) is 9.21. The number of piperidine rings is 1. The maximum atomic E-state index is 12.9. The van der Waals surface area contributed by atoms with Crippen LogP contribution in [0.5, 0.6) is 0 Å². The second-order valence-electron chi connectivity index (χ2n) is 7.93. The molecule has 1 fully saturated rings. The Kier molecular flexibility index (Phi) is 6.64. The van der Waals surface area contributed by atoms with Gasteiger partial charge in [-0.15, -0.1) is 0 Å². The molecule has 2 amide bonds. The van der Waals surface area contributed by atoms with Crippen LogP contribution in [0.3, 0.4) is 0 Å². The SMILES string of the molecule is Cc1ccc(C(=O)NCC(=O)NC(C)(C)C)cc1S(=O)(=O)N1CCCCC1. The number of nitrogens with zero attached hydrogens (tertiary/aromatic N) is 1. The Balaban J connectivity index is 2.14. The minimum atomic E-state index is -3.63. The lowest BCUT2D eigenvalue weighted by Gasteiger charge is -2.26. The third-order valence-electron chi connectivity index (χ3n) is 4.31. The minimum Gasteiger partial charge on any atom is -0.350 e. The van der Waals surface area contributed by atoms with Gasteiger partial charge in [-0.05, 0) is 58.2 Å². The Hall–Kier alpha value is -1.93. The third kappa shape index (κ3) is 5.77. The van der Waals surface area contributed by atoms with Gasteiger partial charge in [0, 0.05) is 24.2 Å². The summed E-state index contributed by atoms with van der Waals surface area (Å²) >= 11 is 0. The quantitative estimate of drug-likeness (QED) is 0.795. The van der Waals surface area contributed by atoms with Gasteiger partial charge in [0.2, 0.25) is 15.9 Å². The van der Waals surface area contributed by atoms with Gasteiger partial charge in [-0.1, -0.05) is 12.5 Å². The standard InChI is InChI=1S/C19H29N3O4S/c1-14-8-9-15(18(24)20-13-17(23)21-19(2,3)4)12-16(14)27(25,26)22-10-6-5-7-11-22/h8-9,12H,5-7,10-11,13H2,1-4H3,(H,20,24)(H,21,23). The zero-order valence-corrected chi connectivity index (χ0v) is 17.3. The fourth-order valence-corrected chi connectivity index (χ4v) is 4.76. The van der Waals surface area contributed by atoms with E-state index in [0.717, 1.165) is 19.3 Å². The van der Waals surface area contributed by atoms with E-state index in [9.17, 15) is 18.0 Å². The number of sulfonamides is 1. The van der Waals surface area contributed by atoms with Gasteiger partial charge < -0.3 is 10.6 Å². The summed E-state index contributed by atoms with van der Waals surface area (Å²) < 4.78 is 27.4. The molecule has 0 saturated carbocycles. The molecule has 1 aromatic rings. The maximum absolute atomic E-state index is 12.9. The van der Waals surface area contributed by atoms with Crippen LogP contribution in [0, 0.1) is 6.92 Å². The van der Waals surface area contributed by atoms with E-state index in [0.29, 0.717) is 18.7 Å². The van der Waals surface area contributed by atoms with Gasteiger partial charge in [0.1, 0.15) is 0 Å². The largest absolute Gasteiger partial charge is 0.350 e. The molecule has 7 nitrogen and oxygen atoms in total. The van der Waals surface area contributed by atoms with Crippen molar-refractivity contribution in [1.82, 2.24) is 14.9 Å². The van der Waals surface area contributed by atoms with Crippen molar-refractivity contribution in [3.8, 4) is 0 Å². The van der Waals surface area contributed by atoms with E-state index >= 15 is 0 Å². The van der Waals surface area contributed by atoms with Crippen molar-refractivity contribution in [3.05, 3.63) is 29.3 Å². The highest BCUT2D eigenvalue weighted by molar-refractivity contribution is 7.89. The Labute approximate surface area is 161 Å². The van der Waals surface area contributed by atoms with Crippen LogP contribution in [0.2, 0.25) is 0 Å². The van der Waals surface area contributed by atoms with Crippen molar-refractivity contribution in [1.29, 1.82) is 0 Å². The summed E-state index contributed by atoms with van der Waals surface area (Å²) in [6.07, 6.45) is 2.73. The van der Waals surface area contributed by atoms with Gasteiger partial charge in [-0.2, -0.15) is 4.31 Å². The lowest BCUT2D eigenvalue weighted by atomic mass is 10.1. The first-order valence-corrected chi connectivity index (χ1v) is 10.6. The van der Waals surface area contributed by atoms with Crippen molar-refractivity contribution in [3.63, 3.8) is 0 Å². The Bertz CT molecular complexity index is 807. The molecule has 1 saturated heterocycles. The molecule has 8 heteroatoms. The fraction of sp³-hybridized carbons (Fsp3) is 0.579. The van der Waals surface area contributed by atoms with E-state index in [2.05, 4.69) is 10.6 Å². The Morgan fingerprint density at radius 2 is 1.74 bits per heavy atom. The second-order valence-corrected chi connectivity index (χ2v) is 9.83. The molecule has 2 N–H and O–H groups in total. The summed E-state index contributed by atoms with van der Waals surface area (Å²) in [6, 6.07) is 4.60. The molecule has 0 unspecified atom stereocenters. The summed E-state index contributed by atoms with van der Waals surface area (Å²) in [6.45, 7) is 8.11. The van der Waals surface area contributed by atoms with Crippen LogP contribution in [0.15, 0.2) is 23.1 Å². The van der Waals surface area contributed by atoms with E-state index in [1.54, 1.807) is 19.1 Å². The van der Waals surface area contributed by atoms with Crippen LogP contribution >= 0.6 is 0 Å². The van der Waals surface area contributed by atoms with Gasteiger partial charge >= 0.3 is 0 Å². The molecule has 1 aromatic carbocycles. The van der Waals surface area contributed by atoms with Gasteiger partial charge in [0.15, 0.2) is 0 Å². The average molecular weight is 396 g/mol. The highest BCUT2D eigenvalue weighted by Crippen LogP contribution is 2.24. The average Bonchev–Trinajstić information content (AvgIpc) is 2.59. The molecule has 1 aliphatic heterocycles. The zero-order chi connectivity index (χ0) is 20.2. The molecule has 0 radical (unpaired) electrons. The van der Waals surface area contributed by atoms with Crippen molar-refractivity contribution >= 4 is 21.8 Å². The topological polar surface area (TPSA) is 95.6 Å². The summed E-state index contributed by atoms with van der Waals surface area (Å²) in [7, 11) is -3.63. The van der Waals surface area contributed by atoms with E-state index in [4.69, 9.17) is 0 Å². The van der Waals surface area contributed by atoms with E-state index in [-0.39, 0.29) is 28.4 Å². The minimum absolute atomic E-state index is 0.149. The molecule has 1 aliphatic rings. The van der Waals surface area contributed by atoms with Crippen LogP contribution in [0.25, 0.3) is 0 Å². The number of hydrogen-bond donors (Lipinski definition) is 2. The third-order valence-corrected chi connectivity index (χ3v) is 6.35. The van der Waals surface area contributed by atoms with E-state index in [1.807, 2.05) is 20.8 Å². The number of aryl methyl sites for hydroxylation is 1. The highest BCUT2D eigenvalue weighted by atomic mass is 32.2. The Morgan fingerprint density at radius 3 is 2.33 bits per heavy atom. The lowest BCUT2D eigenvalue weighted by Crippen LogP contribution is -2.45. The molecule has 0 aliphatic carbocycles. The normalized spacial score (nSPS) is 16.0. The van der Waals surface area contributed by atoms with Crippen molar-refractivity contribution in [2.75, 3.05) is 19.6 Å². The van der Waals surface area contributed by atoms with Crippen LogP contribution in [-0.4, -0.2) is 49.7 Å². The monoisotopic (exact) mass is 395 g/mol. The molecule has 0 aromatic heterocycles. The van der Waals surface area contributed by atoms with Crippen molar-refractivity contribution in [2.24, 2.45) is 0 Å². The maximum Gasteiger partial charge on any atom is 0.251 e.